The van der Waals surface area contributed by atoms with Crippen molar-refractivity contribution in [2.24, 2.45) is 0 Å². The molecule has 0 aromatic heterocycles. The van der Waals surface area contributed by atoms with Crippen molar-refractivity contribution >= 4 is 18.1 Å². The predicted molar refractivity (Wildman–Crippen MR) is 62.8 cm³/mol. The molecule has 0 aliphatic heterocycles. The van der Waals surface area contributed by atoms with Gasteiger partial charge in [-0.05, 0) is 0 Å². The monoisotopic (exact) mass is 276 g/mol. The van der Waals surface area contributed by atoms with Crippen LogP contribution in [0, 0.1) is 0 Å². The Morgan fingerprint density at radius 1 is 0.895 bits per heavy atom. The van der Waals surface area contributed by atoms with Crippen LogP contribution in [0.4, 0.5) is 4.79 Å². The van der Waals surface area contributed by atoms with E-state index in [1.807, 2.05) is 0 Å². The van der Waals surface area contributed by atoms with Crippen molar-refractivity contribution in [2.45, 2.75) is 0 Å². The van der Waals surface area contributed by atoms with E-state index in [-0.39, 0.29) is 6.79 Å². The van der Waals surface area contributed by atoms with Crippen molar-refractivity contribution in [3.63, 3.8) is 0 Å². The number of hydrogen-bond acceptors (Lipinski definition) is 8. The zero-order valence-corrected chi connectivity index (χ0v) is 10.7. The highest BCUT2D eigenvalue weighted by Crippen LogP contribution is 1.84. The highest BCUT2D eigenvalue weighted by molar-refractivity contribution is 5.81. The lowest BCUT2D eigenvalue weighted by Gasteiger charge is -2.01. The van der Waals surface area contributed by atoms with Gasteiger partial charge >= 0.3 is 18.1 Å². The van der Waals surface area contributed by atoms with Gasteiger partial charge in [0.15, 0.2) is 6.79 Å². The van der Waals surface area contributed by atoms with E-state index in [1.165, 1.54) is 7.11 Å². The summed E-state index contributed by atoms with van der Waals surface area (Å²) in [5.41, 5.74) is 0. The van der Waals surface area contributed by atoms with E-state index in [2.05, 4.69) is 36.8 Å². The molecule has 0 aliphatic rings. The molecule has 0 radical (unpaired) electrons. The number of carbonyl (C=O) groups excluding carboxylic acids is 3. The summed E-state index contributed by atoms with van der Waals surface area (Å²) in [6.45, 7) is 5.85. The molecule has 0 N–H and O–H groups in total. The molecule has 0 aromatic rings. The summed E-state index contributed by atoms with van der Waals surface area (Å²) < 4.78 is 21.4. The average Bonchev–Trinajstić information content (AvgIpc) is 2.44. The lowest BCUT2D eigenvalue weighted by molar-refractivity contribution is -0.148. The molecule has 0 aromatic carbocycles. The summed E-state index contributed by atoms with van der Waals surface area (Å²) in [7, 11) is 2.59. The molecule has 0 unspecified atom stereocenters. The van der Waals surface area contributed by atoms with E-state index < -0.39 is 24.9 Å². The maximum Gasteiger partial charge on any atom is 0.510 e. The van der Waals surface area contributed by atoms with Crippen LogP contribution in [0.3, 0.4) is 0 Å². The second-order valence-corrected chi connectivity index (χ2v) is 2.46. The van der Waals surface area contributed by atoms with Crippen LogP contribution in [0.5, 0.6) is 0 Å². The molecule has 0 saturated carbocycles. The quantitative estimate of drug-likeness (QED) is 0.304. The Morgan fingerprint density at radius 2 is 1.37 bits per heavy atom. The van der Waals surface area contributed by atoms with Crippen molar-refractivity contribution in [2.75, 3.05) is 27.8 Å². The first-order valence-corrected chi connectivity index (χ1v) is 4.79. The second kappa shape index (κ2) is 13.7. The van der Waals surface area contributed by atoms with Gasteiger partial charge in [-0.3, -0.25) is 0 Å². The van der Waals surface area contributed by atoms with E-state index in [1.54, 1.807) is 0 Å². The average molecular weight is 276 g/mol. The number of esters is 2. The lowest BCUT2D eigenvalue weighted by Crippen LogP contribution is -2.10. The number of methoxy groups -OCH3 is 2. The zero-order chi connectivity index (χ0) is 15.1. The van der Waals surface area contributed by atoms with E-state index in [0.717, 1.165) is 19.3 Å². The maximum atomic E-state index is 10.3. The third-order valence-corrected chi connectivity index (χ3v) is 1.20. The summed E-state index contributed by atoms with van der Waals surface area (Å²) in [5, 5.41) is 0. The first-order chi connectivity index (χ1) is 9.01. The smallest absolute Gasteiger partial charge is 0.438 e. The fraction of sp³-hybridized carbons (Fsp3) is 0.364. The third-order valence-electron chi connectivity index (χ3n) is 1.20. The topological polar surface area (TPSA) is 97.4 Å². The van der Waals surface area contributed by atoms with Crippen LogP contribution in [0.2, 0.25) is 0 Å². The third kappa shape index (κ3) is 15.6. The molecule has 108 valence electrons. The van der Waals surface area contributed by atoms with Gasteiger partial charge in [0, 0.05) is 19.3 Å². The summed E-state index contributed by atoms with van der Waals surface area (Å²) in [6, 6.07) is 0. The summed E-state index contributed by atoms with van der Waals surface area (Å²) in [6.07, 6.45) is 1.14. The number of carbonyl (C=O) groups is 3. The van der Waals surface area contributed by atoms with E-state index in [9.17, 15) is 14.4 Å². The van der Waals surface area contributed by atoms with Gasteiger partial charge in [-0.1, -0.05) is 13.2 Å². The van der Waals surface area contributed by atoms with Gasteiger partial charge < -0.3 is 23.7 Å². The van der Waals surface area contributed by atoms with Gasteiger partial charge in [-0.15, -0.1) is 0 Å². The maximum absolute atomic E-state index is 10.3. The number of hydrogen-bond donors (Lipinski definition) is 0. The van der Waals surface area contributed by atoms with Crippen LogP contribution in [-0.4, -0.2) is 45.9 Å². The van der Waals surface area contributed by atoms with E-state index in [0.29, 0.717) is 0 Å². The van der Waals surface area contributed by atoms with Gasteiger partial charge in [0.25, 0.3) is 0 Å². The molecule has 8 nitrogen and oxygen atoms in total. The minimum atomic E-state index is -0.901. The fourth-order valence-corrected chi connectivity index (χ4v) is 0.429. The molecular formula is C11H16O8. The molecule has 19 heavy (non-hydrogen) atoms. The first kappa shape index (κ1) is 19.0. The molecule has 0 rings (SSSR count). The van der Waals surface area contributed by atoms with Crippen LogP contribution < -0.4 is 0 Å². The molecule has 0 saturated heterocycles. The van der Waals surface area contributed by atoms with Gasteiger partial charge in [0.1, 0.15) is 0 Å². The van der Waals surface area contributed by atoms with Crippen molar-refractivity contribution in [1.82, 2.24) is 0 Å². The van der Waals surface area contributed by atoms with Crippen LogP contribution in [0.25, 0.3) is 0 Å². The van der Waals surface area contributed by atoms with Crippen LogP contribution in [0.1, 0.15) is 0 Å². The molecule has 0 bridgehead atoms. The minimum Gasteiger partial charge on any atom is -0.438 e. The van der Waals surface area contributed by atoms with Gasteiger partial charge in [0.05, 0.1) is 7.11 Å². The fourth-order valence-electron chi connectivity index (χ4n) is 0.429. The molecule has 0 fully saturated rings. The lowest BCUT2D eigenvalue weighted by atomic mass is 10.7. The molecule has 0 heterocycles. The summed E-state index contributed by atoms with van der Waals surface area (Å²) >= 11 is 0. The van der Waals surface area contributed by atoms with Crippen LogP contribution in [-0.2, 0) is 33.3 Å². The van der Waals surface area contributed by atoms with Gasteiger partial charge in [-0.2, -0.15) is 0 Å². The molecule has 0 aliphatic carbocycles. The molecule has 0 spiro atoms. The number of ether oxygens (including phenoxy) is 5. The highest BCUT2D eigenvalue weighted by Gasteiger charge is 2.00. The van der Waals surface area contributed by atoms with Crippen LogP contribution in [0.15, 0.2) is 25.3 Å². The first-order valence-electron chi connectivity index (χ1n) is 4.79. The number of rotatable bonds is 6. The Kier molecular flexibility index (Phi) is 13.7. The normalized spacial score (nSPS) is 8.11. The molecule has 8 heteroatoms. The highest BCUT2D eigenvalue weighted by atomic mass is 16.8. The van der Waals surface area contributed by atoms with Crippen molar-refractivity contribution in [1.29, 1.82) is 0 Å². The van der Waals surface area contributed by atoms with Crippen molar-refractivity contribution < 1.29 is 38.1 Å². The van der Waals surface area contributed by atoms with Crippen molar-refractivity contribution in [3.8, 4) is 0 Å². The Morgan fingerprint density at radius 3 is 1.74 bits per heavy atom. The molecule has 0 amide bonds. The van der Waals surface area contributed by atoms with Crippen LogP contribution >= 0.6 is 0 Å². The Labute approximate surface area is 110 Å². The molecular weight excluding hydrogens is 260 g/mol. The Balaban J connectivity index is 0. The predicted octanol–water partition coefficient (Wildman–Crippen LogP) is 0.776. The molecule has 0 atom stereocenters. The summed E-state index contributed by atoms with van der Waals surface area (Å²) in [5.74, 6) is -1.12. The minimum absolute atomic E-state index is 0.00907. The second-order valence-electron chi connectivity index (χ2n) is 2.46. The van der Waals surface area contributed by atoms with E-state index in [4.69, 9.17) is 0 Å². The Bertz CT molecular complexity index is 310. The largest absolute Gasteiger partial charge is 0.510 e. The van der Waals surface area contributed by atoms with Gasteiger partial charge in [-0.25, -0.2) is 14.4 Å². The standard InChI is InChI=1S/C6H8O5.C5H8O3/c1-3-5(7)10-4-11-6(8)9-2;1-3-5(6)8-4-7-2/h3H,1,4H2,2H3;3H,1,4H2,2H3. The summed E-state index contributed by atoms with van der Waals surface area (Å²) in [4.78, 5) is 30.7. The SMILES string of the molecule is C=CC(=O)OCOC.C=CC(=O)OCOC(=O)OC. The van der Waals surface area contributed by atoms with Gasteiger partial charge in [0.2, 0.25) is 6.79 Å². The Hall–Kier alpha value is -2.35. The van der Waals surface area contributed by atoms with Crippen molar-refractivity contribution in [3.05, 3.63) is 25.3 Å². The zero-order valence-electron chi connectivity index (χ0n) is 10.7. The van der Waals surface area contributed by atoms with E-state index >= 15 is 0 Å².